The smallest absolute Gasteiger partial charge is 0.267 e. The molecule has 0 bridgehead atoms. The average molecular weight is 362 g/mol. The van der Waals surface area contributed by atoms with Gasteiger partial charge in [-0.05, 0) is 31.9 Å². The summed E-state index contributed by atoms with van der Waals surface area (Å²) in [6.07, 6.45) is 1.56. The zero-order valence-electron chi connectivity index (χ0n) is 16.2. The first-order valence-electron chi connectivity index (χ1n) is 9.38. The second kappa shape index (κ2) is 9.57. The van der Waals surface area contributed by atoms with Crippen molar-refractivity contribution >= 4 is 17.5 Å². The van der Waals surface area contributed by atoms with Gasteiger partial charge in [0.1, 0.15) is 5.75 Å². The van der Waals surface area contributed by atoms with Crippen LogP contribution in [0.2, 0.25) is 0 Å². The number of amides is 2. The first kappa shape index (κ1) is 20.2. The first-order valence-corrected chi connectivity index (χ1v) is 9.38. The van der Waals surface area contributed by atoms with Gasteiger partial charge >= 0.3 is 0 Å². The Hall–Kier alpha value is -2.08. The lowest BCUT2D eigenvalue weighted by molar-refractivity contribution is -0.134. The van der Waals surface area contributed by atoms with E-state index < -0.39 is 6.10 Å². The minimum Gasteiger partial charge on any atom is -0.479 e. The van der Waals surface area contributed by atoms with Crippen LogP contribution in [-0.2, 0) is 14.3 Å². The molecule has 1 aromatic rings. The zero-order valence-corrected chi connectivity index (χ0v) is 16.2. The second-order valence-electron chi connectivity index (χ2n) is 6.52. The number of rotatable bonds is 9. The van der Waals surface area contributed by atoms with Crippen molar-refractivity contribution < 1.29 is 19.1 Å². The molecular weight excluding hydrogens is 332 g/mol. The largest absolute Gasteiger partial charge is 0.479 e. The number of methoxy groups -OCH3 is 1. The van der Waals surface area contributed by atoms with Crippen LogP contribution >= 0.6 is 0 Å². The highest BCUT2D eigenvalue weighted by Crippen LogP contribution is 2.33. The van der Waals surface area contributed by atoms with Crippen LogP contribution in [0.15, 0.2) is 24.3 Å². The molecule has 1 aliphatic rings. The van der Waals surface area contributed by atoms with Crippen LogP contribution in [-0.4, -0.2) is 55.7 Å². The van der Waals surface area contributed by atoms with Crippen molar-refractivity contribution in [2.75, 3.05) is 31.7 Å². The highest BCUT2D eigenvalue weighted by Gasteiger charge is 2.32. The Labute approximate surface area is 156 Å². The molecule has 1 aromatic carbocycles. The Morgan fingerprint density at radius 3 is 2.65 bits per heavy atom. The van der Waals surface area contributed by atoms with E-state index in [4.69, 9.17) is 9.47 Å². The van der Waals surface area contributed by atoms with Gasteiger partial charge in [-0.15, -0.1) is 0 Å². The molecular formula is C20H30N2O4. The SMILES string of the molecule is CCC(CC)N(CCOC)C(=O)CCN1C(=O)C(C)Oc2ccccc21. The fourth-order valence-electron chi connectivity index (χ4n) is 3.37. The lowest BCUT2D eigenvalue weighted by Gasteiger charge is -2.34. The number of anilines is 1. The third kappa shape index (κ3) is 4.55. The van der Waals surface area contributed by atoms with Gasteiger partial charge in [0.2, 0.25) is 5.91 Å². The predicted molar refractivity (Wildman–Crippen MR) is 101 cm³/mol. The van der Waals surface area contributed by atoms with Crippen LogP contribution in [0.4, 0.5) is 5.69 Å². The van der Waals surface area contributed by atoms with Gasteiger partial charge in [-0.1, -0.05) is 26.0 Å². The standard InChI is InChI=1S/C20H30N2O4/c1-5-16(6-2)21(13-14-25-4)19(23)11-12-22-17-9-7-8-10-18(17)26-15(3)20(22)24/h7-10,15-16H,5-6,11-14H2,1-4H3. The van der Waals surface area contributed by atoms with Crippen LogP contribution in [0.3, 0.4) is 0 Å². The number of benzene rings is 1. The molecule has 0 aliphatic carbocycles. The maximum atomic E-state index is 12.9. The van der Waals surface area contributed by atoms with Crippen LogP contribution in [0.1, 0.15) is 40.0 Å². The van der Waals surface area contributed by atoms with Crippen LogP contribution in [0.25, 0.3) is 0 Å². The van der Waals surface area contributed by atoms with Gasteiger partial charge in [0, 0.05) is 32.7 Å². The molecule has 0 radical (unpaired) electrons. The molecule has 0 spiro atoms. The monoisotopic (exact) mass is 362 g/mol. The van der Waals surface area contributed by atoms with E-state index in [2.05, 4.69) is 13.8 Å². The van der Waals surface area contributed by atoms with E-state index in [0.29, 0.717) is 25.4 Å². The number of ether oxygens (including phenoxy) is 2. The molecule has 144 valence electrons. The lowest BCUT2D eigenvalue weighted by Crippen LogP contribution is -2.47. The summed E-state index contributed by atoms with van der Waals surface area (Å²) in [5.74, 6) is 0.630. The zero-order chi connectivity index (χ0) is 19.1. The molecule has 2 rings (SSSR count). The van der Waals surface area contributed by atoms with Gasteiger partial charge in [0.05, 0.1) is 12.3 Å². The molecule has 6 nitrogen and oxygen atoms in total. The third-order valence-corrected chi connectivity index (χ3v) is 4.86. The van der Waals surface area contributed by atoms with E-state index in [1.807, 2.05) is 29.2 Å². The second-order valence-corrected chi connectivity index (χ2v) is 6.52. The fourth-order valence-corrected chi connectivity index (χ4v) is 3.37. The lowest BCUT2D eigenvalue weighted by atomic mass is 10.1. The molecule has 6 heteroatoms. The summed E-state index contributed by atoms with van der Waals surface area (Å²) < 4.78 is 10.8. The molecule has 0 aromatic heterocycles. The summed E-state index contributed by atoms with van der Waals surface area (Å²) in [5, 5.41) is 0. The highest BCUT2D eigenvalue weighted by atomic mass is 16.5. The predicted octanol–water partition coefficient (Wildman–Crippen LogP) is 2.85. The number of fused-ring (bicyclic) bond motifs is 1. The molecule has 26 heavy (non-hydrogen) atoms. The Balaban J connectivity index is 2.10. The van der Waals surface area contributed by atoms with Crippen LogP contribution < -0.4 is 9.64 Å². The summed E-state index contributed by atoms with van der Waals surface area (Å²) in [4.78, 5) is 29.0. The first-order chi connectivity index (χ1) is 12.5. The van der Waals surface area contributed by atoms with Crippen molar-refractivity contribution in [2.45, 2.75) is 52.2 Å². The molecule has 0 fully saturated rings. The molecule has 0 saturated carbocycles. The van der Waals surface area contributed by atoms with E-state index in [1.165, 1.54) is 0 Å². The minimum absolute atomic E-state index is 0.0557. The van der Waals surface area contributed by atoms with Crippen molar-refractivity contribution in [1.29, 1.82) is 0 Å². The Kier molecular flexibility index (Phi) is 7.45. The Bertz CT molecular complexity index is 616. The number of hydrogen-bond acceptors (Lipinski definition) is 4. The van der Waals surface area contributed by atoms with Gasteiger partial charge in [0.15, 0.2) is 6.10 Å². The third-order valence-electron chi connectivity index (χ3n) is 4.86. The van der Waals surface area contributed by atoms with Crippen molar-refractivity contribution in [1.82, 2.24) is 4.90 Å². The normalized spacial score (nSPS) is 16.4. The molecule has 1 unspecified atom stereocenters. The highest BCUT2D eigenvalue weighted by molar-refractivity contribution is 6.00. The van der Waals surface area contributed by atoms with Crippen molar-refractivity contribution in [3.05, 3.63) is 24.3 Å². The van der Waals surface area contributed by atoms with Gasteiger partial charge in [0.25, 0.3) is 5.91 Å². The minimum atomic E-state index is -0.538. The maximum absolute atomic E-state index is 12.9. The number of carbonyl (C=O) groups excluding carboxylic acids is 2. The van der Waals surface area contributed by atoms with Gasteiger partial charge in [-0.25, -0.2) is 0 Å². The number of hydrogen-bond donors (Lipinski definition) is 0. The Morgan fingerprint density at radius 2 is 2.00 bits per heavy atom. The average Bonchev–Trinajstić information content (AvgIpc) is 2.65. The maximum Gasteiger partial charge on any atom is 0.267 e. The molecule has 1 heterocycles. The molecule has 1 aliphatic heterocycles. The molecule has 0 saturated heterocycles. The van der Waals surface area contributed by atoms with Crippen molar-refractivity contribution in [2.24, 2.45) is 0 Å². The summed E-state index contributed by atoms with van der Waals surface area (Å²) in [5.41, 5.74) is 0.731. The Morgan fingerprint density at radius 1 is 1.31 bits per heavy atom. The summed E-state index contributed by atoms with van der Waals surface area (Å²) >= 11 is 0. The van der Waals surface area contributed by atoms with Crippen LogP contribution in [0.5, 0.6) is 5.75 Å². The van der Waals surface area contributed by atoms with E-state index >= 15 is 0 Å². The summed E-state index contributed by atoms with van der Waals surface area (Å²) in [6.45, 7) is 7.36. The van der Waals surface area contributed by atoms with Crippen molar-refractivity contribution in [3.63, 3.8) is 0 Å². The van der Waals surface area contributed by atoms with E-state index in [-0.39, 0.29) is 24.3 Å². The fraction of sp³-hybridized carbons (Fsp3) is 0.600. The number of carbonyl (C=O) groups is 2. The number of nitrogens with zero attached hydrogens (tertiary/aromatic N) is 2. The summed E-state index contributed by atoms with van der Waals surface area (Å²) in [7, 11) is 1.64. The van der Waals surface area contributed by atoms with Crippen molar-refractivity contribution in [3.8, 4) is 5.75 Å². The summed E-state index contributed by atoms with van der Waals surface area (Å²) in [6, 6.07) is 7.65. The van der Waals surface area contributed by atoms with E-state index in [9.17, 15) is 9.59 Å². The van der Waals surface area contributed by atoms with E-state index in [0.717, 1.165) is 18.5 Å². The quantitative estimate of drug-likeness (QED) is 0.678. The topological polar surface area (TPSA) is 59.1 Å². The number of para-hydroxylation sites is 2. The van der Waals surface area contributed by atoms with Gasteiger partial charge < -0.3 is 19.3 Å². The molecule has 2 amide bonds. The molecule has 0 N–H and O–H groups in total. The van der Waals surface area contributed by atoms with Gasteiger partial charge in [-0.3, -0.25) is 9.59 Å². The van der Waals surface area contributed by atoms with Crippen LogP contribution in [0, 0.1) is 0 Å². The van der Waals surface area contributed by atoms with Gasteiger partial charge in [-0.2, -0.15) is 0 Å². The van der Waals surface area contributed by atoms with E-state index in [1.54, 1.807) is 18.9 Å². The molecule has 1 atom stereocenters.